The molecule has 288 valence electrons. The van der Waals surface area contributed by atoms with E-state index >= 15 is 0 Å². The molecule has 12 heteroatoms. The molecule has 1 fully saturated rings. The Bertz CT molecular complexity index is 2060. The first-order chi connectivity index (χ1) is 26.3. The van der Waals surface area contributed by atoms with Gasteiger partial charge in [0.1, 0.15) is 41.2 Å². The van der Waals surface area contributed by atoms with Crippen LogP contribution in [0.1, 0.15) is 54.0 Å². The number of aliphatic hydroxyl groups is 1. The summed E-state index contributed by atoms with van der Waals surface area (Å²) < 4.78 is 32.8. The topological polar surface area (TPSA) is 130 Å². The molecule has 1 amide bonds. The maximum absolute atomic E-state index is 13.7. The van der Waals surface area contributed by atoms with Gasteiger partial charge in [0, 0.05) is 11.8 Å². The Morgan fingerprint density at radius 3 is 1.85 bits per heavy atom. The highest BCUT2D eigenvalue weighted by molar-refractivity contribution is 6.74. The summed E-state index contributed by atoms with van der Waals surface area (Å²) in [5.41, 5.74) is 1.05. The van der Waals surface area contributed by atoms with Gasteiger partial charge in [-0.25, -0.2) is 4.79 Å². The summed E-state index contributed by atoms with van der Waals surface area (Å²) in [6, 6.07) is 35.4. The van der Waals surface area contributed by atoms with Crippen LogP contribution in [0.5, 0.6) is 11.5 Å². The third-order valence-electron chi connectivity index (χ3n) is 10.6. The number of anilines is 1. The van der Waals surface area contributed by atoms with Gasteiger partial charge in [0.15, 0.2) is 14.5 Å². The summed E-state index contributed by atoms with van der Waals surface area (Å²) in [6.45, 7) is 10.4. The number of amides is 1. The summed E-state index contributed by atoms with van der Waals surface area (Å²) in [4.78, 5) is 30.7. The van der Waals surface area contributed by atoms with Gasteiger partial charge in [0.05, 0.1) is 20.8 Å². The number of carbonyl (C=O) groups excluding carboxylic acids is 1. The van der Waals surface area contributed by atoms with Gasteiger partial charge in [-0.2, -0.15) is 4.98 Å². The van der Waals surface area contributed by atoms with Crippen LogP contribution in [0.25, 0.3) is 0 Å². The number of nitrogens with one attached hydrogen (secondary N) is 1. The standard InChI is InChI=1S/C43H49N3O8Si/c1-42(2,3)55(6,7)54-38-37(47)35(53-40(38)46-27-26-36(45-41(46)49)44-39(48)29-14-10-8-11-15-29)28-52-43(30-16-12-9-13-17-30,31-18-22-33(50-4)23-19-31)32-20-24-34(51-5)25-21-32/h8-27,35,37-38,40,47H,28H2,1-7H3,(H,44,45,48,49)/t35-,37-,38-,40-/m1/s1. The van der Waals surface area contributed by atoms with Gasteiger partial charge < -0.3 is 33.8 Å². The molecular weight excluding hydrogens is 715 g/mol. The van der Waals surface area contributed by atoms with E-state index in [0.717, 1.165) is 16.7 Å². The number of nitrogens with zero attached hydrogens (tertiary/aromatic N) is 2. The molecule has 0 unspecified atom stereocenters. The van der Waals surface area contributed by atoms with Gasteiger partial charge in [-0.1, -0.05) is 93.6 Å². The zero-order valence-corrected chi connectivity index (χ0v) is 33.3. The lowest BCUT2D eigenvalue weighted by atomic mass is 9.80. The first-order valence-corrected chi connectivity index (χ1v) is 21.1. The van der Waals surface area contributed by atoms with Crippen LogP contribution in [0.3, 0.4) is 0 Å². The molecule has 6 rings (SSSR count). The molecule has 0 spiro atoms. The van der Waals surface area contributed by atoms with Crippen molar-refractivity contribution in [3.05, 3.63) is 154 Å². The predicted molar refractivity (Wildman–Crippen MR) is 213 cm³/mol. The van der Waals surface area contributed by atoms with Crippen LogP contribution in [0.2, 0.25) is 18.1 Å². The van der Waals surface area contributed by atoms with E-state index in [-0.39, 0.29) is 17.5 Å². The fourth-order valence-corrected chi connectivity index (χ4v) is 7.75. The molecule has 5 aromatic rings. The molecular formula is C43H49N3O8Si. The van der Waals surface area contributed by atoms with Crippen LogP contribution < -0.4 is 20.5 Å². The van der Waals surface area contributed by atoms with Crippen LogP contribution in [0.15, 0.2) is 126 Å². The van der Waals surface area contributed by atoms with Crippen molar-refractivity contribution in [2.75, 3.05) is 26.1 Å². The summed E-state index contributed by atoms with van der Waals surface area (Å²) in [7, 11) is 0.698. The number of ether oxygens (including phenoxy) is 4. The number of benzene rings is 4. The first kappa shape index (κ1) is 39.6. The highest BCUT2D eigenvalue weighted by Crippen LogP contribution is 2.45. The van der Waals surface area contributed by atoms with Crippen LogP contribution in [0.4, 0.5) is 5.82 Å². The Labute approximate surface area is 323 Å². The molecule has 4 atom stereocenters. The quantitative estimate of drug-likeness (QED) is 0.0947. The average molecular weight is 764 g/mol. The molecule has 2 N–H and O–H groups in total. The molecule has 0 aliphatic carbocycles. The van der Waals surface area contributed by atoms with Crippen molar-refractivity contribution in [2.45, 2.75) is 69.0 Å². The third kappa shape index (κ3) is 8.29. The SMILES string of the molecule is COc1ccc(C(OC[C@H]2O[C@@H](n3ccc(NC(=O)c4ccccc4)nc3=O)[C@H](O[Si](C)(C)C(C)(C)C)[C@@H]2O)(c2ccccc2)c2ccc(OC)cc2)cc1. The molecule has 1 aliphatic rings. The third-order valence-corrected chi connectivity index (χ3v) is 15.0. The van der Waals surface area contributed by atoms with Crippen LogP contribution in [-0.4, -0.2) is 68.0 Å². The fourth-order valence-electron chi connectivity index (χ4n) is 6.46. The van der Waals surface area contributed by atoms with E-state index < -0.39 is 50.1 Å². The van der Waals surface area contributed by atoms with E-state index in [1.165, 1.54) is 16.8 Å². The normalized spacial score (nSPS) is 18.8. The number of rotatable bonds is 13. The highest BCUT2D eigenvalue weighted by Gasteiger charge is 2.51. The lowest BCUT2D eigenvalue weighted by molar-refractivity contribution is -0.0956. The number of aliphatic hydroxyl groups excluding tert-OH is 1. The van der Waals surface area contributed by atoms with Gasteiger partial charge in [-0.15, -0.1) is 0 Å². The zero-order chi connectivity index (χ0) is 39.4. The lowest BCUT2D eigenvalue weighted by Crippen LogP contribution is -2.49. The summed E-state index contributed by atoms with van der Waals surface area (Å²) in [5, 5.41) is 14.6. The average Bonchev–Trinajstić information content (AvgIpc) is 3.48. The van der Waals surface area contributed by atoms with Crippen molar-refractivity contribution in [3.63, 3.8) is 0 Å². The van der Waals surface area contributed by atoms with Crippen molar-refractivity contribution in [1.29, 1.82) is 0 Å². The number of aromatic nitrogens is 2. The number of hydrogen-bond acceptors (Lipinski definition) is 9. The molecule has 1 saturated heterocycles. The van der Waals surface area contributed by atoms with Gasteiger partial charge in [0.25, 0.3) is 5.91 Å². The smallest absolute Gasteiger partial charge is 0.351 e. The van der Waals surface area contributed by atoms with Crippen LogP contribution in [-0.2, 0) is 19.5 Å². The molecule has 0 bridgehead atoms. The fraction of sp³-hybridized carbons (Fsp3) is 0.326. The second-order valence-electron chi connectivity index (χ2n) is 15.0. The highest BCUT2D eigenvalue weighted by atomic mass is 28.4. The number of methoxy groups -OCH3 is 2. The van der Waals surface area contributed by atoms with Crippen molar-refractivity contribution < 1.29 is 33.3 Å². The minimum atomic E-state index is -2.54. The van der Waals surface area contributed by atoms with Crippen molar-refractivity contribution in [1.82, 2.24) is 9.55 Å². The van der Waals surface area contributed by atoms with Crippen molar-refractivity contribution in [2.24, 2.45) is 0 Å². The van der Waals surface area contributed by atoms with E-state index in [9.17, 15) is 14.7 Å². The summed E-state index contributed by atoms with van der Waals surface area (Å²) in [6.07, 6.45) is -2.61. The molecule has 55 heavy (non-hydrogen) atoms. The maximum Gasteiger partial charge on any atom is 0.351 e. The number of carbonyl (C=O) groups is 1. The molecule has 0 radical (unpaired) electrons. The van der Waals surface area contributed by atoms with Crippen LogP contribution in [0, 0.1) is 0 Å². The van der Waals surface area contributed by atoms with Crippen LogP contribution >= 0.6 is 0 Å². The molecule has 11 nitrogen and oxygen atoms in total. The van der Waals surface area contributed by atoms with E-state index in [1.807, 2.05) is 84.9 Å². The minimum Gasteiger partial charge on any atom is -0.497 e. The molecule has 1 aromatic heterocycles. The molecule has 1 aliphatic heterocycles. The second kappa shape index (κ2) is 16.3. The molecule has 0 saturated carbocycles. The Kier molecular flexibility index (Phi) is 11.7. The van der Waals surface area contributed by atoms with E-state index in [1.54, 1.807) is 38.5 Å². The Morgan fingerprint density at radius 2 is 1.35 bits per heavy atom. The second-order valence-corrected chi connectivity index (χ2v) is 19.8. The summed E-state index contributed by atoms with van der Waals surface area (Å²) in [5.74, 6) is 1.06. The molecule has 4 aromatic carbocycles. The largest absolute Gasteiger partial charge is 0.497 e. The Morgan fingerprint density at radius 1 is 0.818 bits per heavy atom. The molecule has 2 heterocycles. The zero-order valence-electron chi connectivity index (χ0n) is 32.3. The van der Waals surface area contributed by atoms with Gasteiger partial charge in [0.2, 0.25) is 0 Å². The van der Waals surface area contributed by atoms with E-state index in [4.69, 9.17) is 23.4 Å². The Hall–Kier alpha value is -5.11. The van der Waals surface area contributed by atoms with E-state index in [2.05, 4.69) is 44.2 Å². The minimum absolute atomic E-state index is 0.0852. The predicted octanol–water partition coefficient (Wildman–Crippen LogP) is 7.17. The van der Waals surface area contributed by atoms with Crippen molar-refractivity contribution >= 4 is 20.0 Å². The van der Waals surface area contributed by atoms with Gasteiger partial charge in [-0.3, -0.25) is 9.36 Å². The maximum atomic E-state index is 13.7. The van der Waals surface area contributed by atoms with Gasteiger partial charge in [-0.05, 0) is 77.3 Å². The van der Waals surface area contributed by atoms with E-state index in [0.29, 0.717) is 17.1 Å². The van der Waals surface area contributed by atoms with Gasteiger partial charge >= 0.3 is 5.69 Å². The monoisotopic (exact) mass is 763 g/mol. The van der Waals surface area contributed by atoms with Crippen molar-refractivity contribution in [3.8, 4) is 11.5 Å². The summed E-state index contributed by atoms with van der Waals surface area (Å²) >= 11 is 0. The first-order valence-electron chi connectivity index (χ1n) is 18.2. The Balaban J connectivity index is 1.38. The number of hydrogen-bond donors (Lipinski definition) is 2. The lowest BCUT2D eigenvalue weighted by Gasteiger charge is -2.40.